The number of hydrazine groups is 1. The van der Waals surface area contributed by atoms with Crippen molar-refractivity contribution in [1.29, 1.82) is 0 Å². The lowest BCUT2D eigenvalue weighted by atomic mass is 10.2. The number of nitrogens with one attached hydrogen (secondary N) is 2. The highest BCUT2D eigenvalue weighted by Crippen LogP contribution is 2.21. The molecule has 2 amide bonds. The molecule has 1 aliphatic rings. The third kappa shape index (κ3) is 4.09. The van der Waals surface area contributed by atoms with Gasteiger partial charge in [0.2, 0.25) is 0 Å². The van der Waals surface area contributed by atoms with Gasteiger partial charge in [0.1, 0.15) is 17.3 Å². The molecule has 0 bridgehead atoms. The number of hydrogen-bond donors (Lipinski definition) is 2. The average molecular weight is 368 g/mol. The maximum atomic E-state index is 13.5. The monoisotopic (exact) mass is 368 g/mol. The first kappa shape index (κ1) is 17.2. The van der Waals surface area contributed by atoms with E-state index in [-0.39, 0.29) is 11.3 Å². The second kappa shape index (κ2) is 7.53. The lowest BCUT2D eigenvalue weighted by Crippen LogP contribution is -2.42. The van der Waals surface area contributed by atoms with Crippen molar-refractivity contribution >= 4 is 28.3 Å². The number of thiazole rings is 1. The second-order valence-corrected chi connectivity index (χ2v) is 5.98. The molecule has 0 radical (unpaired) electrons. The zero-order valence-corrected chi connectivity index (χ0v) is 13.7. The summed E-state index contributed by atoms with van der Waals surface area (Å²) in [7, 11) is 0. The number of hydrogen-bond acceptors (Lipinski definition) is 6. The Morgan fingerprint density at radius 3 is 2.60 bits per heavy atom. The smallest absolute Gasteiger partial charge is 0.289 e. The summed E-state index contributed by atoms with van der Waals surface area (Å²) in [6.45, 7) is 2.57. The van der Waals surface area contributed by atoms with E-state index >= 15 is 0 Å². The number of carbonyl (C=O) groups excluding carboxylic acids is 2. The highest BCUT2D eigenvalue weighted by molar-refractivity contribution is 7.13. The van der Waals surface area contributed by atoms with Crippen molar-refractivity contribution in [2.24, 2.45) is 0 Å². The summed E-state index contributed by atoms with van der Waals surface area (Å²) in [5.41, 5.74) is 3.98. The molecule has 1 saturated heterocycles. The van der Waals surface area contributed by atoms with E-state index < -0.39 is 23.4 Å². The Morgan fingerprint density at radius 1 is 1.16 bits per heavy atom. The summed E-state index contributed by atoms with van der Waals surface area (Å²) in [5, 5.41) is 2.24. The second-order valence-electron chi connectivity index (χ2n) is 5.15. The SMILES string of the molecule is O=C(NNC(=O)c1ccc(F)cc1F)c1csc(N2CCOCC2)n1. The van der Waals surface area contributed by atoms with Crippen LogP contribution in [0.4, 0.5) is 13.9 Å². The van der Waals surface area contributed by atoms with E-state index in [4.69, 9.17) is 4.74 Å². The fourth-order valence-electron chi connectivity index (χ4n) is 2.19. The number of aromatic nitrogens is 1. The lowest BCUT2D eigenvalue weighted by molar-refractivity contribution is 0.0842. The zero-order valence-electron chi connectivity index (χ0n) is 12.9. The van der Waals surface area contributed by atoms with Crippen LogP contribution in [-0.4, -0.2) is 43.1 Å². The topological polar surface area (TPSA) is 83.6 Å². The van der Waals surface area contributed by atoms with Crippen molar-refractivity contribution in [2.45, 2.75) is 0 Å². The standard InChI is InChI=1S/C15H14F2N4O3S/c16-9-1-2-10(11(17)7-9)13(22)19-20-14(23)12-8-25-15(18-12)21-3-5-24-6-4-21/h1-2,7-8H,3-6H2,(H,19,22)(H,20,23). The molecule has 2 aromatic rings. The zero-order chi connectivity index (χ0) is 17.8. The van der Waals surface area contributed by atoms with Gasteiger partial charge in [0.05, 0.1) is 18.8 Å². The minimum atomic E-state index is -1.02. The van der Waals surface area contributed by atoms with Crippen molar-refractivity contribution in [3.05, 3.63) is 46.5 Å². The molecule has 0 aliphatic carbocycles. The quantitative estimate of drug-likeness (QED) is 0.799. The van der Waals surface area contributed by atoms with Gasteiger partial charge in [0.25, 0.3) is 11.8 Å². The van der Waals surface area contributed by atoms with Gasteiger partial charge in [-0.1, -0.05) is 0 Å². The lowest BCUT2D eigenvalue weighted by Gasteiger charge is -2.25. The summed E-state index contributed by atoms with van der Waals surface area (Å²) in [4.78, 5) is 30.1. The van der Waals surface area contributed by atoms with Crippen molar-refractivity contribution in [3.63, 3.8) is 0 Å². The van der Waals surface area contributed by atoms with E-state index in [1.54, 1.807) is 5.38 Å². The molecule has 10 heteroatoms. The number of ether oxygens (including phenoxy) is 1. The van der Waals surface area contributed by atoms with Crippen LogP contribution < -0.4 is 15.8 Å². The van der Waals surface area contributed by atoms with Gasteiger partial charge in [-0.2, -0.15) is 0 Å². The van der Waals surface area contributed by atoms with Crippen LogP contribution in [0.2, 0.25) is 0 Å². The minimum absolute atomic E-state index is 0.131. The molecule has 1 aliphatic heterocycles. The third-order valence-corrected chi connectivity index (χ3v) is 4.37. The van der Waals surface area contributed by atoms with E-state index in [2.05, 4.69) is 15.8 Å². The molecule has 0 spiro atoms. The number of halogens is 2. The maximum absolute atomic E-state index is 13.5. The molecular formula is C15H14F2N4O3S. The minimum Gasteiger partial charge on any atom is -0.378 e. The number of nitrogens with zero attached hydrogens (tertiary/aromatic N) is 2. The summed E-state index contributed by atoms with van der Waals surface area (Å²) < 4.78 is 31.6. The number of rotatable bonds is 3. The molecule has 0 unspecified atom stereocenters. The first-order valence-corrected chi connectivity index (χ1v) is 8.26. The molecule has 2 N–H and O–H groups in total. The van der Waals surface area contributed by atoms with Crippen LogP contribution in [0.25, 0.3) is 0 Å². The average Bonchev–Trinajstić information content (AvgIpc) is 3.10. The van der Waals surface area contributed by atoms with E-state index in [0.717, 1.165) is 12.1 Å². The van der Waals surface area contributed by atoms with E-state index in [1.807, 2.05) is 4.90 Å². The summed E-state index contributed by atoms with van der Waals surface area (Å²) in [6.07, 6.45) is 0. The predicted octanol–water partition coefficient (Wildman–Crippen LogP) is 1.33. The normalized spacial score (nSPS) is 14.2. The molecule has 0 saturated carbocycles. The number of carbonyl (C=O) groups is 2. The van der Waals surface area contributed by atoms with Gasteiger partial charge in [-0.25, -0.2) is 13.8 Å². The molecule has 1 fully saturated rings. The Kier molecular flexibility index (Phi) is 5.19. The van der Waals surface area contributed by atoms with Crippen molar-refractivity contribution in [2.75, 3.05) is 31.2 Å². The molecule has 1 aromatic heterocycles. The Balaban J connectivity index is 1.59. The molecule has 3 rings (SSSR count). The Morgan fingerprint density at radius 2 is 1.88 bits per heavy atom. The fourth-order valence-corrected chi connectivity index (χ4v) is 3.05. The van der Waals surface area contributed by atoms with Gasteiger partial charge in [0, 0.05) is 24.5 Å². The largest absolute Gasteiger partial charge is 0.378 e. The number of morpholine rings is 1. The van der Waals surface area contributed by atoms with Gasteiger partial charge in [-0.05, 0) is 12.1 Å². The molecule has 132 valence electrons. The van der Waals surface area contributed by atoms with Gasteiger partial charge in [-0.3, -0.25) is 20.4 Å². The van der Waals surface area contributed by atoms with Gasteiger partial charge < -0.3 is 9.64 Å². The highest BCUT2D eigenvalue weighted by Gasteiger charge is 2.18. The van der Waals surface area contributed by atoms with Gasteiger partial charge in [-0.15, -0.1) is 11.3 Å². The van der Waals surface area contributed by atoms with E-state index in [1.165, 1.54) is 11.3 Å². The molecule has 2 heterocycles. The molecular weight excluding hydrogens is 354 g/mol. The Bertz CT molecular complexity index is 793. The van der Waals surface area contributed by atoms with Gasteiger partial charge >= 0.3 is 0 Å². The van der Waals surface area contributed by atoms with E-state index in [0.29, 0.717) is 37.5 Å². The number of benzene rings is 1. The molecule has 7 nitrogen and oxygen atoms in total. The number of amides is 2. The summed E-state index contributed by atoms with van der Waals surface area (Å²) in [6, 6.07) is 2.53. The summed E-state index contributed by atoms with van der Waals surface area (Å²) >= 11 is 1.30. The van der Waals surface area contributed by atoms with Crippen LogP contribution in [0.5, 0.6) is 0 Å². The Hall–Kier alpha value is -2.59. The third-order valence-electron chi connectivity index (χ3n) is 3.47. The van der Waals surface area contributed by atoms with Crippen LogP contribution >= 0.6 is 11.3 Å². The molecule has 25 heavy (non-hydrogen) atoms. The first-order valence-electron chi connectivity index (χ1n) is 7.38. The van der Waals surface area contributed by atoms with Crippen LogP contribution in [-0.2, 0) is 4.74 Å². The molecule has 0 atom stereocenters. The van der Waals surface area contributed by atoms with Crippen LogP contribution in [0.15, 0.2) is 23.6 Å². The fraction of sp³-hybridized carbons (Fsp3) is 0.267. The highest BCUT2D eigenvalue weighted by atomic mass is 32.1. The molecule has 1 aromatic carbocycles. The van der Waals surface area contributed by atoms with Crippen molar-refractivity contribution in [3.8, 4) is 0 Å². The van der Waals surface area contributed by atoms with E-state index in [9.17, 15) is 18.4 Å². The van der Waals surface area contributed by atoms with Crippen molar-refractivity contribution in [1.82, 2.24) is 15.8 Å². The van der Waals surface area contributed by atoms with Crippen LogP contribution in [0.1, 0.15) is 20.8 Å². The summed E-state index contributed by atoms with van der Waals surface area (Å²) in [5.74, 6) is -3.34. The maximum Gasteiger partial charge on any atom is 0.289 e. The number of anilines is 1. The first-order chi connectivity index (χ1) is 12.0. The van der Waals surface area contributed by atoms with Gasteiger partial charge in [0.15, 0.2) is 5.13 Å². The predicted molar refractivity (Wildman–Crippen MR) is 86.4 cm³/mol. The van der Waals surface area contributed by atoms with Crippen LogP contribution in [0, 0.1) is 11.6 Å². The van der Waals surface area contributed by atoms with Crippen molar-refractivity contribution < 1.29 is 23.1 Å². The van der Waals surface area contributed by atoms with Crippen LogP contribution in [0.3, 0.4) is 0 Å². The Labute approximate surface area is 145 Å².